The van der Waals surface area contributed by atoms with Crippen molar-refractivity contribution < 1.29 is 53.4 Å². The average Bonchev–Trinajstić information content (AvgIpc) is 2.93. The number of sulfonamides is 1. The molecule has 0 saturated carbocycles. The average molecular weight is 656 g/mol. The third-order valence-electron chi connectivity index (χ3n) is 6.47. The quantitative estimate of drug-likeness (QED) is 0.260. The minimum Gasteiger partial charge on any atom is -0.475 e. The van der Waals surface area contributed by atoms with Gasteiger partial charge in [-0.1, -0.05) is 24.3 Å². The van der Waals surface area contributed by atoms with Crippen LogP contribution in [-0.2, 0) is 27.5 Å². The Morgan fingerprint density at radius 1 is 1.05 bits per heavy atom. The van der Waals surface area contributed by atoms with Gasteiger partial charge in [0.1, 0.15) is 11.6 Å². The maximum absolute atomic E-state index is 14.0. The molecule has 3 aromatic rings. The number of benzene rings is 1. The van der Waals surface area contributed by atoms with Crippen molar-refractivity contribution in [2.75, 3.05) is 29.8 Å². The Morgan fingerprint density at radius 2 is 1.66 bits per heavy atom. The number of hydrogen-bond donors (Lipinski definition) is 2. The molecule has 2 aromatic heterocycles. The molecule has 1 fully saturated rings. The van der Waals surface area contributed by atoms with Gasteiger partial charge in [-0.15, -0.1) is 0 Å². The molecule has 0 atom stereocenters. The van der Waals surface area contributed by atoms with Crippen LogP contribution in [0.15, 0.2) is 59.8 Å². The summed E-state index contributed by atoms with van der Waals surface area (Å²) < 4.78 is 128. The van der Waals surface area contributed by atoms with Crippen molar-refractivity contribution in [1.82, 2.24) is 14.9 Å². The summed E-state index contributed by atoms with van der Waals surface area (Å²) in [7, 11) is -3.06. The Morgan fingerprint density at radius 3 is 2.20 bits per heavy atom. The lowest BCUT2D eigenvalue weighted by Gasteiger charge is -2.38. The zero-order valence-corrected chi connectivity index (χ0v) is 23.5. The number of carboxylic acid groups (broad SMARTS) is 1. The lowest BCUT2D eigenvalue weighted by atomic mass is 10.0. The SMILES string of the molecule is CN(c1cnc(S(=O)(=O)Nc2cccc(F)n2)cc1C(F)(F)F)C1CCN(Cc2ccccc2F)CC1.O=C(O)C(F)(F)F. The summed E-state index contributed by atoms with van der Waals surface area (Å²) in [6.45, 7) is 1.50. The first-order valence-corrected chi connectivity index (χ1v) is 14.1. The van der Waals surface area contributed by atoms with Crippen LogP contribution in [0.5, 0.6) is 0 Å². The van der Waals surface area contributed by atoms with Crippen molar-refractivity contribution in [3.8, 4) is 0 Å². The second-order valence-electron chi connectivity index (χ2n) is 9.50. The van der Waals surface area contributed by atoms with Crippen LogP contribution in [-0.4, -0.2) is 66.7 Å². The highest BCUT2D eigenvalue weighted by molar-refractivity contribution is 7.92. The van der Waals surface area contributed by atoms with Gasteiger partial charge in [-0.3, -0.25) is 9.62 Å². The Balaban J connectivity index is 0.000000676. The third-order valence-corrected chi connectivity index (χ3v) is 7.72. The largest absolute Gasteiger partial charge is 0.490 e. The topological polar surface area (TPSA) is 116 Å². The highest BCUT2D eigenvalue weighted by Crippen LogP contribution is 2.38. The molecule has 2 N–H and O–H groups in total. The summed E-state index contributed by atoms with van der Waals surface area (Å²) in [5.74, 6) is -4.41. The second kappa shape index (κ2) is 13.7. The fraction of sp³-hybridized carbons (Fsp3) is 0.346. The molecule has 240 valence electrons. The molecule has 0 unspecified atom stereocenters. The van der Waals surface area contributed by atoms with Crippen molar-refractivity contribution in [2.45, 2.75) is 42.8 Å². The molecule has 0 bridgehead atoms. The lowest BCUT2D eigenvalue weighted by molar-refractivity contribution is -0.192. The molecule has 0 aliphatic carbocycles. The number of halogens is 8. The van der Waals surface area contributed by atoms with E-state index in [0.717, 1.165) is 18.3 Å². The van der Waals surface area contributed by atoms with E-state index in [1.807, 2.05) is 9.62 Å². The first-order valence-electron chi connectivity index (χ1n) is 12.6. The summed E-state index contributed by atoms with van der Waals surface area (Å²) in [6.07, 6.45) is -8.02. The van der Waals surface area contributed by atoms with Crippen molar-refractivity contribution in [1.29, 1.82) is 0 Å². The number of nitrogens with one attached hydrogen (secondary N) is 1. The van der Waals surface area contributed by atoms with Crippen LogP contribution in [0.3, 0.4) is 0 Å². The molecular weight excluding hydrogens is 630 g/mol. The number of rotatable bonds is 7. The van der Waals surface area contributed by atoms with Crippen molar-refractivity contribution >= 4 is 27.5 Å². The van der Waals surface area contributed by atoms with Gasteiger partial charge in [0, 0.05) is 38.3 Å². The number of aliphatic carboxylic acids is 1. The summed E-state index contributed by atoms with van der Waals surface area (Å²) in [4.78, 5) is 19.5. The van der Waals surface area contributed by atoms with Crippen LogP contribution in [0.25, 0.3) is 0 Å². The molecule has 18 heteroatoms. The number of anilines is 2. The molecule has 0 spiro atoms. The third kappa shape index (κ3) is 9.22. The zero-order chi connectivity index (χ0) is 32.9. The zero-order valence-electron chi connectivity index (χ0n) is 22.7. The maximum atomic E-state index is 14.0. The lowest BCUT2D eigenvalue weighted by Crippen LogP contribution is -2.43. The number of piperidine rings is 1. The number of aromatic nitrogens is 2. The van der Waals surface area contributed by atoms with Crippen LogP contribution in [0, 0.1) is 11.8 Å². The van der Waals surface area contributed by atoms with E-state index < -0.39 is 50.7 Å². The summed E-state index contributed by atoms with van der Waals surface area (Å²) in [6, 6.07) is 9.99. The molecule has 1 saturated heterocycles. The fourth-order valence-corrected chi connectivity index (χ4v) is 5.23. The van der Waals surface area contributed by atoms with Gasteiger partial charge < -0.3 is 10.0 Å². The molecule has 1 aliphatic rings. The molecular formula is C26H25F8N5O4S. The van der Waals surface area contributed by atoms with Crippen molar-refractivity contribution in [2.24, 2.45) is 0 Å². The number of hydrogen-bond acceptors (Lipinski definition) is 7. The van der Waals surface area contributed by atoms with Gasteiger partial charge in [0.25, 0.3) is 10.0 Å². The predicted octanol–water partition coefficient (Wildman–Crippen LogP) is 5.31. The Labute approximate surface area is 246 Å². The van der Waals surface area contributed by atoms with E-state index in [1.54, 1.807) is 18.2 Å². The van der Waals surface area contributed by atoms with Crippen LogP contribution in [0.4, 0.5) is 46.6 Å². The first-order chi connectivity index (χ1) is 20.4. The van der Waals surface area contributed by atoms with Gasteiger partial charge in [-0.05, 0) is 37.1 Å². The monoisotopic (exact) mass is 655 g/mol. The van der Waals surface area contributed by atoms with Crippen molar-refractivity contribution in [3.05, 3.63) is 77.6 Å². The van der Waals surface area contributed by atoms with E-state index in [4.69, 9.17) is 9.90 Å². The van der Waals surface area contributed by atoms with E-state index in [2.05, 4.69) is 9.97 Å². The number of pyridine rings is 2. The number of carbonyl (C=O) groups is 1. The second-order valence-corrected chi connectivity index (χ2v) is 11.1. The Bertz CT molecular complexity index is 1560. The highest BCUT2D eigenvalue weighted by Gasteiger charge is 2.39. The van der Waals surface area contributed by atoms with Gasteiger partial charge in [0.2, 0.25) is 5.95 Å². The van der Waals surface area contributed by atoms with Crippen molar-refractivity contribution in [3.63, 3.8) is 0 Å². The molecule has 9 nitrogen and oxygen atoms in total. The van der Waals surface area contributed by atoms with Crippen LogP contribution >= 0.6 is 0 Å². The van der Waals surface area contributed by atoms with E-state index in [1.165, 1.54) is 24.1 Å². The molecule has 0 radical (unpaired) electrons. The normalized spacial score (nSPS) is 14.8. The Kier molecular flexibility index (Phi) is 10.7. The molecule has 0 amide bonds. The highest BCUT2D eigenvalue weighted by atomic mass is 32.2. The summed E-state index contributed by atoms with van der Waals surface area (Å²) in [5.41, 5.74) is -0.869. The van der Waals surface area contributed by atoms with Crippen LogP contribution < -0.4 is 9.62 Å². The smallest absolute Gasteiger partial charge is 0.475 e. The number of carboxylic acids is 1. The van der Waals surface area contributed by atoms with Gasteiger partial charge in [-0.25, -0.2) is 19.2 Å². The predicted molar refractivity (Wildman–Crippen MR) is 141 cm³/mol. The molecule has 44 heavy (non-hydrogen) atoms. The van der Waals surface area contributed by atoms with Gasteiger partial charge in [0.05, 0.1) is 17.4 Å². The Hall–Kier alpha value is -4.06. The number of nitrogens with zero attached hydrogens (tertiary/aromatic N) is 4. The summed E-state index contributed by atoms with van der Waals surface area (Å²) in [5, 5.41) is 6.25. The van der Waals surface area contributed by atoms with E-state index >= 15 is 0 Å². The van der Waals surface area contributed by atoms with E-state index in [-0.39, 0.29) is 17.5 Å². The fourth-order valence-electron chi connectivity index (χ4n) is 4.27. The standard InChI is InChI=1S/C24H24F5N5O2S.C2HF3O2/c1-33(17-9-11-34(12-10-17)15-16-5-2-3-6-19(16)25)20-14-30-23(13-18(20)24(27,28)29)37(35,36)32-22-8-4-7-21(26)31-22;3-2(4,5)1(6)7/h2-8,13-14,17H,9-12,15H2,1H3,(H,31,32);(H,6,7). The van der Waals surface area contributed by atoms with E-state index in [0.29, 0.717) is 44.1 Å². The molecule has 1 aromatic carbocycles. The number of likely N-dealkylation sites (tertiary alicyclic amines) is 1. The van der Waals surface area contributed by atoms with Crippen LogP contribution in [0.1, 0.15) is 24.0 Å². The van der Waals surface area contributed by atoms with Crippen LogP contribution in [0.2, 0.25) is 0 Å². The molecule has 1 aliphatic heterocycles. The molecule has 3 heterocycles. The van der Waals surface area contributed by atoms with E-state index in [9.17, 15) is 43.5 Å². The summed E-state index contributed by atoms with van der Waals surface area (Å²) >= 11 is 0. The van der Waals surface area contributed by atoms with Gasteiger partial charge >= 0.3 is 18.3 Å². The first kappa shape index (κ1) is 34.4. The minimum absolute atomic E-state index is 0.261. The maximum Gasteiger partial charge on any atom is 0.490 e. The minimum atomic E-state index is -5.08. The van der Waals surface area contributed by atoms with Gasteiger partial charge in [-0.2, -0.15) is 39.2 Å². The molecule has 4 rings (SSSR count). The van der Waals surface area contributed by atoms with Gasteiger partial charge in [0.15, 0.2) is 5.03 Å². The number of alkyl halides is 6.